The highest BCUT2D eigenvalue weighted by Gasteiger charge is 2.42. The molecule has 5 heteroatoms. The fourth-order valence-corrected chi connectivity index (χ4v) is 5.56. The minimum Gasteiger partial charge on any atom is -0.351 e. The second-order valence-electron chi connectivity index (χ2n) is 9.34. The summed E-state index contributed by atoms with van der Waals surface area (Å²) in [5.41, 5.74) is 10.7. The molecule has 0 saturated carbocycles. The second kappa shape index (κ2) is 8.73. The Labute approximate surface area is 207 Å². The zero-order chi connectivity index (χ0) is 24.0. The first kappa shape index (κ1) is 22.4. The molecule has 3 heterocycles. The van der Waals surface area contributed by atoms with Crippen molar-refractivity contribution in [3.8, 4) is 5.69 Å². The minimum absolute atomic E-state index is 0.0176. The highest BCUT2D eigenvalue weighted by atomic mass is 32.1. The molecule has 1 aliphatic heterocycles. The molecular formula is C29H30N4S. The van der Waals surface area contributed by atoms with Crippen molar-refractivity contribution in [2.24, 2.45) is 0 Å². The Hall–Kier alpha value is -3.44. The molecule has 0 bridgehead atoms. The third kappa shape index (κ3) is 3.90. The van der Waals surface area contributed by atoms with Crippen molar-refractivity contribution in [2.75, 3.05) is 4.90 Å². The number of pyridine rings is 1. The molecule has 1 saturated heterocycles. The summed E-state index contributed by atoms with van der Waals surface area (Å²) in [4.78, 5) is 6.95. The number of anilines is 1. The van der Waals surface area contributed by atoms with Crippen LogP contribution < -0.4 is 10.2 Å². The molecule has 2 atom stereocenters. The molecular weight excluding hydrogens is 436 g/mol. The van der Waals surface area contributed by atoms with Gasteiger partial charge in [0.2, 0.25) is 0 Å². The average molecular weight is 467 g/mol. The Balaban J connectivity index is 1.69. The van der Waals surface area contributed by atoms with E-state index in [-0.39, 0.29) is 12.1 Å². The van der Waals surface area contributed by atoms with Crippen molar-refractivity contribution in [2.45, 2.75) is 46.7 Å². The molecule has 1 aliphatic rings. The van der Waals surface area contributed by atoms with Crippen molar-refractivity contribution in [3.05, 3.63) is 112 Å². The molecule has 4 nitrogen and oxygen atoms in total. The van der Waals surface area contributed by atoms with E-state index in [1.807, 2.05) is 18.3 Å². The fraction of sp³-hybridized carbons (Fsp3) is 0.241. The van der Waals surface area contributed by atoms with Crippen molar-refractivity contribution in [3.63, 3.8) is 0 Å². The van der Waals surface area contributed by atoms with Crippen molar-refractivity contribution < 1.29 is 0 Å². The van der Waals surface area contributed by atoms with E-state index in [0.717, 1.165) is 16.5 Å². The monoisotopic (exact) mass is 466 g/mol. The largest absolute Gasteiger partial charge is 0.351 e. The Kier molecular flexibility index (Phi) is 5.74. The number of hydrogen-bond acceptors (Lipinski definition) is 2. The summed E-state index contributed by atoms with van der Waals surface area (Å²) in [7, 11) is 0. The summed E-state index contributed by atoms with van der Waals surface area (Å²) in [6, 6.07) is 23.6. The van der Waals surface area contributed by atoms with E-state index in [0.29, 0.717) is 0 Å². The molecule has 0 amide bonds. The lowest BCUT2D eigenvalue weighted by Crippen LogP contribution is -2.29. The van der Waals surface area contributed by atoms with E-state index in [4.69, 9.17) is 17.2 Å². The van der Waals surface area contributed by atoms with E-state index < -0.39 is 0 Å². The lowest BCUT2D eigenvalue weighted by atomic mass is 9.96. The molecule has 0 aliphatic carbocycles. The fourth-order valence-electron chi connectivity index (χ4n) is 5.22. The van der Waals surface area contributed by atoms with Gasteiger partial charge in [0.1, 0.15) is 0 Å². The number of thiocarbonyl (C=S) groups is 1. The highest BCUT2D eigenvalue weighted by Crippen LogP contribution is 2.43. The van der Waals surface area contributed by atoms with Crippen LogP contribution in [0.4, 0.5) is 5.69 Å². The zero-order valence-corrected chi connectivity index (χ0v) is 21.1. The molecule has 1 fully saturated rings. The number of hydrogen-bond donors (Lipinski definition) is 1. The summed E-state index contributed by atoms with van der Waals surface area (Å²) in [5, 5.41) is 4.30. The first-order valence-corrected chi connectivity index (χ1v) is 12.1. The summed E-state index contributed by atoms with van der Waals surface area (Å²) < 4.78 is 2.36. The Bertz CT molecular complexity index is 1330. The first-order chi connectivity index (χ1) is 16.3. The number of rotatable bonds is 4. The predicted octanol–water partition coefficient (Wildman–Crippen LogP) is 6.59. The second-order valence-corrected chi connectivity index (χ2v) is 9.73. The summed E-state index contributed by atoms with van der Waals surface area (Å²) in [6.45, 7) is 10.8. The lowest BCUT2D eigenvalue weighted by Gasteiger charge is -2.28. The van der Waals surface area contributed by atoms with Crippen LogP contribution in [0.1, 0.15) is 51.4 Å². The summed E-state index contributed by atoms with van der Waals surface area (Å²) >= 11 is 5.90. The molecule has 4 aromatic rings. The Morgan fingerprint density at radius 2 is 1.50 bits per heavy atom. The standard InChI is InChI=1S/C29H30N4S/c1-18-9-11-23(12-10-18)33-28(27(31-29(33)34)26-8-6-7-13-30-26)25-17-21(4)32(22(25)5)24-15-19(2)14-20(3)16-24/h6-17,27-28H,1-5H3,(H,31,34)/t27-,28+/m1/s1. The van der Waals surface area contributed by atoms with Crippen LogP contribution in [-0.4, -0.2) is 14.7 Å². The van der Waals surface area contributed by atoms with Gasteiger partial charge in [-0.3, -0.25) is 4.98 Å². The number of nitrogens with one attached hydrogen (secondary N) is 1. The Morgan fingerprint density at radius 1 is 0.794 bits per heavy atom. The molecule has 1 N–H and O–H groups in total. The van der Waals surface area contributed by atoms with Crippen molar-refractivity contribution >= 4 is 23.0 Å². The normalized spacial score (nSPS) is 17.8. The molecule has 172 valence electrons. The number of aryl methyl sites for hydroxylation is 4. The molecule has 0 spiro atoms. The van der Waals surface area contributed by atoms with Crippen LogP contribution in [0.25, 0.3) is 5.69 Å². The zero-order valence-electron chi connectivity index (χ0n) is 20.3. The number of aromatic nitrogens is 2. The van der Waals surface area contributed by atoms with Crippen LogP contribution in [0.3, 0.4) is 0 Å². The maximum Gasteiger partial charge on any atom is 0.174 e. The molecule has 34 heavy (non-hydrogen) atoms. The van der Waals surface area contributed by atoms with Crippen LogP contribution in [0, 0.1) is 34.6 Å². The van der Waals surface area contributed by atoms with E-state index in [2.05, 4.69) is 104 Å². The first-order valence-electron chi connectivity index (χ1n) is 11.7. The Morgan fingerprint density at radius 3 is 2.15 bits per heavy atom. The van der Waals surface area contributed by atoms with Crippen LogP contribution in [-0.2, 0) is 0 Å². The molecule has 0 unspecified atom stereocenters. The van der Waals surface area contributed by atoms with E-state index >= 15 is 0 Å². The van der Waals surface area contributed by atoms with E-state index in [1.54, 1.807) is 0 Å². The average Bonchev–Trinajstić information content (AvgIpc) is 3.29. The minimum atomic E-state index is -0.0526. The van der Waals surface area contributed by atoms with E-state index in [9.17, 15) is 0 Å². The van der Waals surface area contributed by atoms with Gasteiger partial charge in [-0.25, -0.2) is 0 Å². The quantitative estimate of drug-likeness (QED) is 0.344. The van der Waals surface area contributed by atoms with Gasteiger partial charge in [-0.15, -0.1) is 0 Å². The molecule has 0 radical (unpaired) electrons. The maximum atomic E-state index is 5.90. The SMILES string of the molecule is Cc1ccc(N2C(=S)N[C@H](c3ccccn3)[C@@H]2c2cc(C)n(-c3cc(C)cc(C)c3)c2C)cc1. The summed E-state index contributed by atoms with van der Waals surface area (Å²) in [6.07, 6.45) is 1.85. The molecule has 5 rings (SSSR count). The van der Waals surface area contributed by atoms with Gasteiger partial charge in [-0.1, -0.05) is 29.8 Å². The number of nitrogens with zero attached hydrogens (tertiary/aromatic N) is 3. The van der Waals surface area contributed by atoms with Gasteiger partial charge in [0, 0.05) is 29.0 Å². The van der Waals surface area contributed by atoms with Gasteiger partial charge in [0.05, 0.1) is 17.8 Å². The van der Waals surface area contributed by atoms with Gasteiger partial charge >= 0.3 is 0 Å². The van der Waals surface area contributed by atoms with Crippen LogP contribution >= 0.6 is 12.2 Å². The smallest absolute Gasteiger partial charge is 0.174 e. The predicted molar refractivity (Wildman–Crippen MR) is 144 cm³/mol. The van der Waals surface area contributed by atoms with Crippen molar-refractivity contribution in [1.82, 2.24) is 14.9 Å². The third-order valence-corrected chi connectivity index (χ3v) is 6.98. The number of benzene rings is 2. The van der Waals surface area contributed by atoms with Crippen molar-refractivity contribution in [1.29, 1.82) is 0 Å². The summed E-state index contributed by atoms with van der Waals surface area (Å²) in [5.74, 6) is 0. The van der Waals surface area contributed by atoms with Gasteiger partial charge < -0.3 is 14.8 Å². The molecule has 2 aromatic carbocycles. The van der Waals surface area contributed by atoms with Gasteiger partial charge in [0.25, 0.3) is 0 Å². The highest BCUT2D eigenvalue weighted by molar-refractivity contribution is 7.80. The van der Waals surface area contributed by atoms with E-state index in [1.165, 1.54) is 39.3 Å². The third-order valence-electron chi connectivity index (χ3n) is 6.66. The molecule has 2 aromatic heterocycles. The van der Waals surface area contributed by atoms with Gasteiger partial charge in [0.15, 0.2) is 5.11 Å². The lowest BCUT2D eigenvalue weighted by molar-refractivity contribution is 0.565. The van der Waals surface area contributed by atoms with Crippen LogP contribution in [0.15, 0.2) is 72.9 Å². The van der Waals surface area contributed by atoms with Crippen LogP contribution in [0.2, 0.25) is 0 Å². The topological polar surface area (TPSA) is 33.1 Å². The van der Waals surface area contributed by atoms with Gasteiger partial charge in [-0.05, 0) is 106 Å². The van der Waals surface area contributed by atoms with Crippen LogP contribution in [0.5, 0.6) is 0 Å². The van der Waals surface area contributed by atoms with Gasteiger partial charge in [-0.2, -0.15) is 0 Å². The maximum absolute atomic E-state index is 5.90.